The van der Waals surface area contributed by atoms with Crippen molar-refractivity contribution in [1.82, 2.24) is 0 Å². The number of hydrogen-bond donors (Lipinski definition) is 0. The Bertz CT molecular complexity index is 405. The van der Waals surface area contributed by atoms with Crippen LogP contribution in [-0.4, -0.2) is 12.6 Å². The van der Waals surface area contributed by atoms with Crippen molar-refractivity contribution >= 4 is 5.97 Å². The highest BCUT2D eigenvalue weighted by atomic mass is 16.5. The fourth-order valence-corrected chi connectivity index (χ4v) is 4.68. The molecule has 0 bridgehead atoms. The first-order valence-corrected chi connectivity index (χ1v) is 6.85. The maximum atomic E-state index is 11.7. The molecule has 0 aromatic heterocycles. The summed E-state index contributed by atoms with van der Waals surface area (Å²) in [4.78, 5) is 11.7. The minimum atomic E-state index is -0.0388. The smallest absolute Gasteiger partial charge is 0.334 e. The summed E-state index contributed by atoms with van der Waals surface area (Å²) in [5.74, 6) is 0.681. The molecule has 0 amide bonds. The number of ether oxygens (including phenoxy) is 1. The van der Waals surface area contributed by atoms with Crippen molar-refractivity contribution in [2.24, 2.45) is 16.7 Å². The van der Waals surface area contributed by atoms with Crippen molar-refractivity contribution in [2.75, 3.05) is 6.61 Å². The van der Waals surface area contributed by atoms with E-state index in [0.717, 1.165) is 24.3 Å². The van der Waals surface area contributed by atoms with Crippen molar-refractivity contribution in [3.8, 4) is 0 Å². The zero-order valence-electron chi connectivity index (χ0n) is 11.1. The Balaban J connectivity index is 2.06. The van der Waals surface area contributed by atoms with E-state index in [1.54, 1.807) is 0 Å². The number of cyclic esters (lactones) is 1. The third-order valence-electron chi connectivity index (χ3n) is 5.56. The summed E-state index contributed by atoms with van der Waals surface area (Å²) >= 11 is 0. The van der Waals surface area contributed by atoms with Gasteiger partial charge in [0.2, 0.25) is 0 Å². The maximum absolute atomic E-state index is 11.7. The van der Waals surface area contributed by atoms with E-state index in [4.69, 9.17) is 4.74 Å². The summed E-state index contributed by atoms with van der Waals surface area (Å²) in [6, 6.07) is 0. The predicted molar refractivity (Wildman–Crippen MR) is 66.4 cm³/mol. The normalized spacial score (nSPS) is 39.7. The highest BCUT2D eigenvalue weighted by molar-refractivity contribution is 5.92. The van der Waals surface area contributed by atoms with Crippen molar-refractivity contribution in [1.29, 1.82) is 0 Å². The van der Waals surface area contributed by atoms with Crippen LogP contribution < -0.4 is 0 Å². The van der Waals surface area contributed by atoms with Crippen LogP contribution in [0.5, 0.6) is 0 Å². The van der Waals surface area contributed by atoms with Crippen LogP contribution in [-0.2, 0) is 9.53 Å². The molecule has 0 aromatic rings. The van der Waals surface area contributed by atoms with Gasteiger partial charge in [0, 0.05) is 5.57 Å². The zero-order chi connectivity index (χ0) is 12.3. The topological polar surface area (TPSA) is 26.3 Å². The minimum absolute atomic E-state index is 0.0388. The van der Waals surface area contributed by atoms with Gasteiger partial charge >= 0.3 is 5.97 Å². The van der Waals surface area contributed by atoms with Crippen LogP contribution in [0.15, 0.2) is 11.1 Å². The monoisotopic (exact) mass is 234 g/mol. The van der Waals surface area contributed by atoms with Gasteiger partial charge in [-0.1, -0.05) is 27.2 Å². The van der Waals surface area contributed by atoms with Crippen molar-refractivity contribution in [3.63, 3.8) is 0 Å². The van der Waals surface area contributed by atoms with Crippen LogP contribution in [0.25, 0.3) is 0 Å². The molecule has 0 radical (unpaired) electrons. The van der Waals surface area contributed by atoms with E-state index in [1.165, 1.54) is 24.8 Å². The van der Waals surface area contributed by atoms with Crippen LogP contribution in [0.2, 0.25) is 0 Å². The minimum Gasteiger partial charge on any atom is -0.458 e. The zero-order valence-corrected chi connectivity index (χ0v) is 11.1. The molecular formula is C15H22O2. The van der Waals surface area contributed by atoms with Gasteiger partial charge in [-0.25, -0.2) is 4.79 Å². The van der Waals surface area contributed by atoms with Gasteiger partial charge in [-0.15, -0.1) is 0 Å². The van der Waals surface area contributed by atoms with Gasteiger partial charge in [0.1, 0.15) is 6.61 Å². The second-order valence-electron chi connectivity index (χ2n) is 6.88. The second kappa shape index (κ2) is 3.37. The predicted octanol–water partition coefficient (Wildman–Crippen LogP) is 3.47. The van der Waals surface area contributed by atoms with Crippen LogP contribution in [0.1, 0.15) is 52.9 Å². The van der Waals surface area contributed by atoms with Gasteiger partial charge in [-0.2, -0.15) is 0 Å². The molecule has 1 heterocycles. The van der Waals surface area contributed by atoms with Gasteiger partial charge in [0.15, 0.2) is 0 Å². The number of carbonyl (C=O) groups is 1. The molecule has 1 aliphatic heterocycles. The van der Waals surface area contributed by atoms with E-state index in [-0.39, 0.29) is 11.4 Å². The molecule has 2 aliphatic carbocycles. The lowest BCUT2D eigenvalue weighted by atomic mass is 9.50. The molecule has 2 atom stereocenters. The SMILES string of the molecule is CC1(C)CCCC2(C)C3=C(CC[C@H]12)C(=O)OC3. The molecule has 3 aliphatic rings. The molecule has 1 saturated carbocycles. The van der Waals surface area contributed by atoms with Crippen molar-refractivity contribution < 1.29 is 9.53 Å². The Labute approximate surface area is 103 Å². The quantitative estimate of drug-likeness (QED) is 0.600. The molecule has 0 spiro atoms. The Morgan fingerprint density at radius 2 is 2.00 bits per heavy atom. The summed E-state index contributed by atoms with van der Waals surface area (Å²) in [7, 11) is 0. The van der Waals surface area contributed by atoms with Crippen LogP contribution in [0, 0.1) is 16.7 Å². The average molecular weight is 234 g/mol. The molecule has 0 aromatic carbocycles. The highest BCUT2D eigenvalue weighted by Crippen LogP contribution is 2.60. The largest absolute Gasteiger partial charge is 0.458 e. The van der Waals surface area contributed by atoms with Gasteiger partial charge in [0.05, 0.1) is 0 Å². The highest BCUT2D eigenvalue weighted by Gasteiger charge is 2.53. The summed E-state index contributed by atoms with van der Waals surface area (Å²) < 4.78 is 5.27. The standard InChI is InChI=1S/C15H22O2/c1-14(2)7-4-8-15(3)11-9-17-13(16)10(11)5-6-12(14)15/h12H,4-9H2,1-3H3/t12-,15?/m1/s1. The number of hydrogen-bond acceptors (Lipinski definition) is 2. The second-order valence-corrected chi connectivity index (χ2v) is 6.88. The Morgan fingerprint density at radius 3 is 2.76 bits per heavy atom. The number of esters is 1. The third kappa shape index (κ3) is 1.42. The van der Waals surface area contributed by atoms with Gasteiger partial charge in [0.25, 0.3) is 0 Å². The maximum Gasteiger partial charge on any atom is 0.334 e. The molecule has 17 heavy (non-hydrogen) atoms. The van der Waals surface area contributed by atoms with Crippen LogP contribution >= 0.6 is 0 Å². The third-order valence-corrected chi connectivity index (χ3v) is 5.56. The summed E-state index contributed by atoms with van der Waals surface area (Å²) in [5, 5.41) is 0. The van der Waals surface area contributed by atoms with E-state index in [2.05, 4.69) is 20.8 Å². The van der Waals surface area contributed by atoms with Crippen molar-refractivity contribution in [2.45, 2.75) is 52.9 Å². The average Bonchev–Trinajstić information content (AvgIpc) is 2.60. The Hall–Kier alpha value is -0.790. The number of rotatable bonds is 0. The molecular weight excluding hydrogens is 212 g/mol. The molecule has 0 saturated heterocycles. The van der Waals surface area contributed by atoms with Crippen molar-refractivity contribution in [3.05, 3.63) is 11.1 Å². The van der Waals surface area contributed by atoms with Gasteiger partial charge in [-0.05, 0) is 48.0 Å². The van der Waals surface area contributed by atoms with E-state index in [0.29, 0.717) is 12.0 Å². The first kappa shape index (κ1) is 11.3. The molecule has 1 unspecified atom stereocenters. The molecule has 0 N–H and O–H groups in total. The van der Waals surface area contributed by atoms with Crippen LogP contribution in [0.3, 0.4) is 0 Å². The lowest BCUT2D eigenvalue weighted by molar-refractivity contribution is -0.136. The van der Waals surface area contributed by atoms with E-state index < -0.39 is 0 Å². The summed E-state index contributed by atoms with van der Waals surface area (Å²) in [6.45, 7) is 7.74. The lowest BCUT2D eigenvalue weighted by Gasteiger charge is -2.53. The summed E-state index contributed by atoms with van der Waals surface area (Å²) in [6.07, 6.45) is 5.95. The molecule has 1 fully saturated rings. The fraction of sp³-hybridized carbons (Fsp3) is 0.800. The van der Waals surface area contributed by atoms with E-state index >= 15 is 0 Å². The summed E-state index contributed by atoms with van der Waals surface area (Å²) in [5.41, 5.74) is 2.99. The Kier molecular flexibility index (Phi) is 2.24. The van der Waals surface area contributed by atoms with Crippen LogP contribution in [0.4, 0.5) is 0 Å². The first-order chi connectivity index (χ1) is 7.95. The molecule has 2 nitrogen and oxygen atoms in total. The fourth-order valence-electron chi connectivity index (χ4n) is 4.68. The Morgan fingerprint density at radius 1 is 1.24 bits per heavy atom. The molecule has 94 valence electrons. The van der Waals surface area contributed by atoms with Gasteiger partial charge < -0.3 is 4.74 Å². The number of carbonyl (C=O) groups excluding carboxylic acids is 1. The first-order valence-electron chi connectivity index (χ1n) is 6.85. The molecule has 3 rings (SSSR count). The lowest BCUT2D eigenvalue weighted by Crippen LogP contribution is -2.45. The molecule has 2 heteroatoms. The van der Waals surface area contributed by atoms with Gasteiger partial charge in [-0.3, -0.25) is 0 Å². The van der Waals surface area contributed by atoms with E-state index in [1.807, 2.05) is 0 Å². The number of fused-ring (bicyclic) bond motifs is 2. The van der Waals surface area contributed by atoms with E-state index in [9.17, 15) is 4.79 Å².